The van der Waals surface area contributed by atoms with Crippen LogP contribution in [0, 0.1) is 0 Å². The second kappa shape index (κ2) is 4.84. The van der Waals surface area contributed by atoms with Crippen LogP contribution in [0.5, 0.6) is 0 Å². The minimum absolute atomic E-state index is 0.458. The van der Waals surface area contributed by atoms with Crippen molar-refractivity contribution in [2.45, 2.75) is 31.8 Å². The van der Waals surface area contributed by atoms with Crippen molar-refractivity contribution in [3.63, 3.8) is 0 Å². The van der Waals surface area contributed by atoms with Crippen LogP contribution >= 0.6 is 38.6 Å². The molecule has 1 atom stereocenters. The zero-order valence-corrected chi connectivity index (χ0v) is 12.5. The molecule has 0 saturated heterocycles. The molecule has 90 valence electrons. The van der Waals surface area contributed by atoms with Crippen LogP contribution < -0.4 is 0 Å². The van der Waals surface area contributed by atoms with Crippen molar-refractivity contribution in [2.75, 3.05) is 0 Å². The van der Waals surface area contributed by atoms with Gasteiger partial charge in [0.15, 0.2) is 0 Å². The van der Waals surface area contributed by atoms with Crippen LogP contribution in [0.3, 0.4) is 0 Å². The predicted octanol–water partition coefficient (Wildman–Crippen LogP) is 4.53. The maximum atomic E-state index is 10.4. The highest BCUT2D eigenvalue weighted by atomic mass is 79.9. The fraction of sp³-hybridized carbons (Fsp3) is 0.385. The van der Waals surface area contributed by atoms with Gasteiger partial charge in [-0.05, 0) is 64.7 Å². The van der Waals surface area contributed by atoms with Gasteiger partial charge >= 0.3 is 0 Å². The number of rotatable bonds is 2. The molecule has 0 aliphatic heterocycles. The van der Waals surface area contributed by atoms with E-state index in [4.69, 9.17) is 0 Å². The Bertz CT molecular complexity index is 506. The molecule has 1 aliphatic rings. The van der Waals surface area contributed by atoms with Crippen molar-refractivity contribution in [2.24, 2.45) is 0 Å². The predicted molar refractivity (Wildman–Crippen MR) is 77.0 cm³/mol. The number of aliphatic hydroxyl groups is 1. The van der Waals surface area contributed by atoms with E-state index in [2.05, 4.69) is 22.0 Å². The molecule has 1 nitrogen and oxygen atoms in total. The van der Waals surface area contributed by atoms with Crippen LogP contribution in [0.15, 0.2) is 22.0 Å². The average Bonchev–Trinajstić information content (AvgIpc) is 2.93. The van der Waals surface area contributed by atoms with Gasteiger partial charge in [0.1, 0.15) is 6.10 Å². The van der Waals surface area contributed by atoms with Crippen molar-refractivity contribution in [3.05, 3.63) is 42.2 Å². The molecule has 2 aromatic rings. The third kappa shape index (κ3) is 2.24. The van der Waals surface area contributed by atoms with E-state index in [1.54, 1.807) is 22.7 Å². The molecule has 1 aliphatic carbocycles. The topological polar surface area (TPSA) is 20.2 Å². The first-order valence-electron chi connectivity index (χ1n) is 5.78. The zero-order chi connectivity index (χ0) is 11.8. The smallest absolute Gasteiger partial charge is 0.123 e. The van der Waals surface area contributed by atoms with Gasteiger partial charge in [-0.25, -0.2) is 0 Å². The van der Waals surface area contributed by atoms with Crippen LogP contribution in [0.25, 0.3) is 0 Å². The van der Waals surface area contributed by atoms with Crippen LogP contribution in [-0.4, -0.2) is 5.11 Å². The number of fused-ring (bicyclic) bond motifs is 1. The number of hydrogen-bond acceptors (Lipinski definition) is 3. The number of aryl methyl sites for hydroxylation is 2. The standard InChI is InChI=1S/C13H13BrOS2/c14-9-5-6-16-13(9)12(15)11-7-8-3-1-2-4-10(8)17-11/h5-7,12,15H,1-4H2. The normalized spacial score (nSPS) is 16.8. The molecule has 0 bridgehead atoms. The van der Waals surface area contributed by atoms with E-state index >= 15 is 0 Å². The molecule has 17 heavy (non-hydrogen) atoms. The highest BCUT2D eigenvalue weighted by molar-refractivity contribution is 9.10. The van der Waals surface area contributed by atoms with Crippen molar-refractivity contribution in [1.29, 1.82) is 0 Å². The molecule has 2 heterocycles. The maximum Gasteiger partial charge on any atom is 0.123 e. The summed E-state index contributed by atoms with van der Waals surface area (Å²) in [5.41, 5.74) is 1.46. The van der Waals surface area contributed by atoms with Gasteiger partial charge in [-0.2, -0.15) is 0 Å². The molecule has 0 amide bonds. The quantitative estimate of drug-likeness (QED) is 0.858. The van der Waals surface area contributed by atoms with E-state index in [1.807, 2.05) is 11.4 Å². The van der Waals surface area contributed by atoms with Gasteiger partial charge < -0.3 is 5.11 Å². The number of halogens is 1. The zero-order valence-electron chi connectivity index (χ0n) is 9.28. The molecule has 1 N–H and O–H groups in total. The van der Waals surface area contributed by atoms with Crippen molar-refractivity contribution in [1.82, 2.24) is 0 Å². The summed E-state index contributed by atoms with van der Waals surface area (Å²) in [6, 6.07) is 4.20. The van der Waals surface area contributed by atoms with E-state index in [-0.39, 0.29) is 0 Å². The lowest BCUT2D eigenvalue weighted by molar-refractivity contribution is 0.227. The third-order valence-corrected chi connectivity index (χ3v) is 6.39. The van der Waals surface area contributed by atoms with Crippen molar-refractivity contribution >= 4 is 38.6 Å². The van der Waals surface area contributed by atoms with E-state index in [0.29, 0.717) is 0 Å². The van der Waals surface area contributed by atoms with Gasteiger partial charge in [0.2, 0.25) is 0 Å². The maximum absolute atomic E-state index is 10.4. The Kier molecular flexibility index (Phi) is 3.39. The first-order valence-corrected chi connectivity index (χ1v) is 8.27. The Balaban J connectivity index is 1.94. The van der Waals surface area contributed by atoms with Crippen molar-refractivity contribution in [3.8, 4) is 0 Å². The summed E-state index contributed by atoms with van der Waals surface area (Å²) in [5, 5.41) is 12.4. The number of thiophene rings is 2. The minimum atomic E-state index is -0.458. The molecule has 0 fully saturated rings. The Labute approximate surface area is 117 Å². The Hall–Kier alpha value is -0.160. The molecule has 3 rings (SSSR count). The second-order valence-electron chi connectivity index (χ2n) is 4.34. The Morgan fingerprint density at radius 3 is 2.82 bits per heavy atom. The van der Waals surface area contributed by atoms with Crippen LogP contribution in [-0.2, 0) is 12.8 Å². The molecule has 0 radical (unpaired) electrons. The number of hydrogen-bond donors (Lipinski definition) is 1. The molecule has 0 saturated carbocycles. The van der Waals surface area contributed by atoms with E-state index in [1.165, 1.54) is 36.1 Å². The summed E-state index contributed by atoms with van der Waals surface area (Å²) in [5.74, 6) is 0. The van der Waals surface area contributed by atoms with E-state index in [9.17, 15) is 5.11 Å². The lowest BCUT2D eigenvalue weighted by Gasteiger charge is -2.08. The second-order valence-corrected chi connectivity index (χ2v) is 7.31. The van der Waals surface area contributed by atoms with Gasteiger partial charge in [-0.1, -0.05) is 0 Å². The summed E-state index contributed by atoms with van der Waals surface area (Å²) in [6.45, 7) is 0. The summed E-state index contributed by atoms with van der Waals surface area (Å²) >= 11 is 6.89. The molecule has 0 spiro atoms. The number of aliphatic hydroxyl groups excluding tert-OH is 1. The molecule has 4 heteroatoms. The van der Waals surface area contributed by atoms with Gasteiger partial charge in [0.25, 0.3) is 0 Å². The summed E-state index contributed by atoms with van der Waals surface area (Å²) in [7, 11) is 0. The van der Waals surface area contributed by atoms with Crippen LogP contribution in [0.1, 0.15) is 39.1 Å². The van der Waals surface area contributed by atoms with Crippen LogP contribution in [0.2, 0.25) is 0 Å². The third-order valence-electron chi connectivity index (χ3n) is 3.18. The SMILES string of the molecule is OC(c1cc2c(s1)CCCC2)c1sccc1Br. The molecule has 2 aromatic heterocycles. The first-order chi connectivity index (χ1) is 8.25. The lowest BCUT2D eigenvalue weighted by atomic mass is 9.99. The average molecular weight is 329 g/mol. The largest absolute Gasteiger partial charge is 0.382 e. The Morgan fingerprint density at radius 2 is 2.12 bits per heavy atom. The van der Waals surface area contributed by atoms with Gasteiger partial charge in [-0.15, -0.1) is 22.7 Å². The first kappa shape index (κ1) is 11.9. The lowest BCUT2D eigenvalue weighted by Crippen LogP contribution is -1.97. The highest BCUT2D eigenvalue weighted by Crippen LogP contribution is 2.39. The summed E-state index contributed by atoms with van der Waals surface area (Å²) < 4.78 is 1.02. The summed E-state index contributed by atoms with van der Waals surface area (Å²) in [6.07, 6.45) is 4.51. The fourth-order valence-corrected chi connectivity index (χ4v) is 5.20. The van der Waals surface area contributed by atoms with E-state index < -0.39 is 6.10 Å². The molecular weight excluding hydrogens is 316 g/mol. The molecule has 0 aromatic carbocycles. The minimum Gasteiger partial charge on any atom is -0.382 e. The van der Waals surface area contributed by atoms with E-state index in [0.717, 1.165) is 14.2 Å². The molecule has 1 unspecified atom stereocenters. The van der Waals surface area contributed by atoms with Gasteiger partial charge in [0, 0.05) is 14.2 Å². The Morgan fingerprint density at radius 1 is 1.29 bits per heavy atom. The molecular formula is C13H13BrOS2. The van der Waals surface area contributed by atoms with Crippen molar-refractivity contribution < 1.29 is 5.11 Å². The van der Waals surface area contributed by atoms with Gasteiger partial charge in [-0.3, -0.25) is 0 Å². The highest BCUT2D eigenvalue weighted by Gasteiger charge is 2.20. The van der Waals surface area contributed by atoms with Gasteiger partial charge in [0.05, 0.1) is 4.88 Å². The van der Waals surface area contributed by atoms with Crippen LogP contribution in [0.4, 0.5) is 0 Å². The fourth-order valence-electron chi connectivity index (χ4n) is 2.28. The summed E-state index contributed by atoms with van der Waals surface area (Å²) in [4.78, 5) is 3.60. The monoisotopic (exact) mass is 328 g/mol.